The van der Waals surface area contributed by atoms with Gasteiger partial charge >= 0.3 is 0 Å². The van der Waals surface area contributed by atoms with Gasteiger partial charge in [-0.1, -0.05) is 11.6 Å². The van der Waals surface area contributed by atoms with E-state index in [4.69, 9.17) is 11.6 Å². The van der Waals surface area contributed by atoms with E-state index >= 15 is 0 Å². The Hall–Kier alpha value is -1.78. The summed E-state index contributed by atoms with van der Waals surface area (Å²) in [4.78, 5) is 19.7. The van der Waals surface area contributed by atoms with E-state index < -0.39 is 10.0 Å². The second kappa shape index (κ2) is 8.76. The second-order valence-corrected chi connectivity index (χ2v) is 11.6. The number of benzene rings is 1. The lowest BCUT2D eigenvalue weighted by atomic mass is 9.97. The molecule has 1 aromatic carbocycles. The molecule has 3 heterocycles. The summed E-state index contributed by atoms with van der Waals surface area (Å²) >= 11 is 8.91. The number of nitrogens with one attached hydrogen (secondary N) is 1. The zero-order chi connectivity index (χ0) is 21.3. The maximum absolute atomic E-state index is 12.8. The quantitative estimate of drug-likeness (QED) is 0.563. The Balaban J connectivity index is 1.35. The highest BCUT2D eigenvalue weighted by atomic mass is 35.5. The van der Waals surface area contributed by atoms with E-state index in [9.17, 15) is 13.2 Å². The van der Waals surface area contributed by atoms with Crippen LogP contribution >= 0.6 is 34.3 Å². The van der Waals surface area contributed by atoms with Crippen LogP contribution in [0.4, 0.5) is 5.13 Å². The van der Waals surface area contributed by atoms with Gasteiger partial charge in [-0.3, -0.25) is 4.79 Å². The number of amides is 1. The number of nitrogens with zero attached hydrogens (tertiary/aromatic N) is 2. The average molecular weight is 482 g/mol. The molecule has 0 saturated carbocycles. The van der Waals surface area contributed by atoms with Crippen molar-refractivity contribution in [2.24, 2.45) is 5.92 Å². The molecule has 0 spiro atoms. The maximum Gasteiger partial charge on any atom is 0.243 e. The number of hydrogen-bond acceptors (Lipinski definition) is 6. The van der Waals surface area contributed by atoms with Crippen LogP contribution in [0.25, 0.3) is 10.6 Å². The summed E-state index contributed by atoms with van der Waals surface area (Å²) in [5, 5.41) is 5.88. The Morgan fingerprint density at radius 1 is 1.17 bits per heavy atom. The molecular weight excluding hydrogens is 462 g/mol. The fourth-order valence-corrected chi connectivity index (χ4v) is 6.55. The molecule has 158 valence electrons. The number of carbonyl (C=O) groups excluding carboxylic acids is 1. The molecule has 1 saturated heterocycles. The first-order chi connectivity index (χ1) is 14.3. The normalized spacial score (nSPS) is 15.9. The number of halogens is 1. The van der Waals surface area contributed by atoms with Crippen molar-refractivity contribution in [3.05, 3.63) is 51.7 Å². The third-order valence-corrected chi connectivity index (χ3v) is 8.95. The molecule has 10 heteroatoms. The molecule has 1 fully saturated rings. The molecule has 3 aromatic rings. The molecule has 30 heavy (non-hydrogen) atoms. The van der Waals surface area contributed by atoms with Crippen LogP contribution in [0.3, 0.4) is 0 Å². The molecule has 0 aliphatic carbocycles. The number of anilines is 1. The summed E-state index contributed by atoms with van der Waals surface area (Å²) in [5.74, 6) is -0.347. The van der Waals surface area contributed by atoms with Gasteiger partial charge in [0.05, 0.1) is 15.5 Å². The Morgan fingerprint density at radius 2 is 1.87 bits per heavy atom. The van der Waals surface area contributed by atoms with Gasteiger partial charge < -0.3 is 5.32 Å². The number of piperidine rings is 1. The van der Waals surface area contributed by atoms with Crippen LogP contribution in [0.1, 0.15) is 17.7 Å². The summed E-state index contributed by atoms with van der Waals surface area (Å²) < 4.78 is 27.0. The van der Waals surface area contributed by atoms with E-state index in [0.29, 0.717) is 36.1 Å². The molecule has 6 nitrogen and oxygen atoms in total. The Labute approximate surface area is 188 Å². The van der Waals surface area contributed by atoms with Crippen molar-refractivity contribution >= 4 is 55.3 Å². The third-order valence-electron chi connectivity index (χ3n) is 5.00. The maximum atomic E-state index is 12.8. The summed E-state index contributed by atoms with van der Waals surface area (Å²) in [7, 11) is -3.58. The number of sulfonamides is 1. The lowest BCUT2D eigenvalue weighted by Gasteiger charge is -2.30. The first kappa shape index (κ1) is 21.5. The van der Waals surface area contributed by atoms with Crippen molar-refractivity contribution in [3.8, 4) is 10.6 Å². The first-order valence-corrected chi connectivity index (χ1v) is 12.9. The minimum absolute atomic E-state index is 0.109. The van der Waals surface area contributed by atoms with Gasteiger partial charge in [0.25, 0.3) is 0 Å². The summed E-state index contributed by atoms with van der Waals surface area (Å²) in [6.07, 6.45) is 0.946. The molecule has 2 aromatic heterocycles. The van der Waals surface area contributed by atoms with Gasteiger partial charge in [0.1, 0.15) is 0 Å². The van der Waals surface area contributed by atoms with Crippen molar-refractivity contribution in [3.63, 3.8) is 0 Å². The SMILES string of the molecule is Cc1ccc(-c2csc(NC(=O)C3CCN(S(=O)(=O)c4ccc(Cl)cc4)CC3)n2)s1. The highest BCUT2D eigenvalue weighted by molar-refractivity contribution is 7.89. The van der Waals surface area contributed by atoms with Crippen LogP contribution < -0.4 is 5.32 Å². The number of aryl methyl sites for hydroxylation is 1. The zero-order valence-corrected chi connectivity index (χ0v) is 19.4. The minimum atomic E-state index is -3.58. The molecule has 4 rings (SSSR count). The first-order valence-electron chi connectivity index (χ1n) is 9.42. The third kappa shape index (κ3) is 4.60. The van der Waals surface area contributed by atoms with Crippen molar-refractivity contribution in [2.45, 2.75) is 24.7 Å². The van der Waals surface area contributed by atoms with Crippen LogP contribution in [-0.2, 0) is 14.8 Å². The van der Waals surface area contributed by atoms with Crippen LogP contribution in [0, 0.1) is 12.8 Å². The van der Waals surface area contributed by atoms with Gasteiger partial charge in [-0.25, -0.2) is 13.4 Å². The molecule has 0 atom stereocenters. The molecular formula is C20H20ClN3O3S3. The number of thiazole rings is 1. The number of rotatable bonds is 5. The van der Waals surface area contributed by atoms with Crippen molar-refractivity contribution in [2.75, 3.05) is 18.4 Å². The predicted octanol–water partition coefficient (Wildman–Crippen LogP) is 4.87. The van der Waals surface area contributed by atoms with Gasteiger partial charge in [0.2, 0.25) is 15.9 Å². The predicted molar refractivity (Wildman–Crippen MR) is 122 cm³/mol. The molecule has 0 bridgehead atoms. The molecule has 1 N–H and O–H groups in total. The summed E-state index contributed by atoms with van der Waals surface area (Å²) in [6.45, 7) is 2.66. The number of carbonyl (C=O) groups is 1. The van der Waals surface area contributed by atoms with E-state index in [2.05, 4.69) is 10.3 Å². The van der Waals surface area contributed by atoms with Gasteiger partial charge in [0.15, 0.2) is 5.13 Å². The van der Waals surface area contributed by atoms with Gasteiger partial charge in [-0.2, -0.15) is 4.31 Å². The van der Waals surface area contributed by atoms with Gasteiger partial charge in [0, 0.05) is 34.3 Å². The van der Waals surface area contributed by atoms with E-state index in [1.165, 1.54) is 32.7 Å². The van der Waals surface area contributed by atoms with Crippen molar-refractivity contribution < 1.29 is 13.2 Å². The Bertz CT molecular complexity index is 1150. The molecule has 1 aliphatic rings. The smallest absolute Gasteiger partial charge is 0.243 e. The largest absolute Gasteiger partial charge is 0.302 e. The van der Waals surface area contributed by atoms with E-state index in [-0.39, 0.29) is 16.7 Å². The van der Waals surface area contributed by atoms with Gasteiger partial charge in [-0.05, 0) is 56.2 Å². The lowest BCUT2D eigenvalue weighted by molar-refractivity contribution is -0.120. The number of aromatic nitrogens is 1. The fourth-order valence-electron chi connectivity index (χ4n) is 3.34. The highest BCUT2D eigenvalue weighted by Crippen LogP contribution is 2.31. The van der Waals surface area contributed by atoms with Crippen LogP contribution in [0.5, 0.6) is 0 Å². The monoisotopic (exact) mass is 481 g/mol. The van der Waals surface area contributed by atoms with Crippen LogP contribution in [0.2, 0.25) is 5.02 Å². The minimum Gasteiger partial charge on any atom is -0.302 e. The van der Waals surface area contributed by atoms with Gasteiger partial charge in [-0.15, -0.1) is 22.7 Å². The number of thiophene rings is 1. The highest BCUT2D eigenvalue weighted by Gasteiger charge is 2.32. The standard InChI is InChI=1S/C20H20ClN3O3S3/c1-13-2-7-18(29-13)17-12-28-20(22-17)23-19(25)14-8-10-24(11-9-14)30(26,27)16-5-3-15(21)4-6-16/h2-7,12,14H,8-11H2,1H3,(H,22,23,25). The lowest BCUT2D eigenvalue weighted by Crippen LogP contribution is -2.41. The average Bonchev–Trinajstić information content (AvgIpc) is 3.37. The van der Waals surface area contributed by atoms with E-state index in [1.807, 2.05) is 24.4 Å². The zero-order valence-electron chi connectivity index (χ0n) is 16.2. The van der Waals surface area contributed by atoms with Crippen molar-refractivity contribution in [1.29, 1.82) is 0 Å². The summed E-state index contributed by atoms with van der Waals surface area (Å²) in [5.41, 5.74) is 0.859. The topological polar surface area (TPSA) is 79.4 Å². The molecule has 0 radical (unpaired) electrons. The summed E-state index contributed by atoms with van der Waals surface area (Å²) in [6, 6.07) is 10.2. The number of hydrogen-bond donors (Lipinski definition) is 1. The molecule has 0 unspecified atom stereocenters. The van der Waals surface area contributed by atoms with E-state index in [0.717, 1.165) is 10.6 Å². The fraction of sp³-hybridized carbons (Fsp3) is 0.300. The van der Waals surface area contributed by atoms with Crippen LogP contribution in [0.15, 0.2) is 46.7 Å². The second-order valence-electron chi connectivity index (χ2n) is 7.07. The molecule has 1 amide bonds. The Kier molecular flexibility index (Phi) is 6.26. The van der Waals surface area contributed by atoms with E-state index in [1.54, 1.807) is 23.5 Å². The van der Waals surface area contributed by atoms with Crippen LogP contribution in [-0.4, -0.2) is 36.7 Å². The molecule has 1 aliphatic heterocycles. The Morgan fingerprint density at radius 3 is 2.50 bits per heavy atom. The van der Waals surface area contributed by atoms with Crippen molar-refractivity contribution in [1.82, 2.24) is 9.29 Å².